The second kappa shape index (κ2) is 7.16. The topological polar surface area (TPSA) is 15.6 Å². The van der Waals surface area contributed by atoms with E-state index in [0.717, 1.165) is 18.9 Å². The molecule has 1 aromatic rings. The number of hydrogen-bond acceptors (Lipinski definition) is 2. The van der Waals surface area contributed by atoms with Crippen molar-refractivity contribution in [3.63, 3.8) is 0 Å². The van der Waals surface area contributed by atoms with Gasteiger partial charge in [0.25, 0.3) is 0 Å². The Morgan fingerprint density at radius 2 is 1.97 bits per heavy atom. The quantitative estimate of drug-likeness (QED) is 0.640. The van der Waals surface area contributed by atoms with Crippen molar-refractivity contribution in [2.24, 2.45) is 22.7 Å². The minimum Gasteiger partial charge on any atom is -0.341 e. The molecular formula is C27H30N2. The predicted octanol–water partition coefficient (Wildman–Crippen LogP) is 5.85. The van der Waals surface area contributed by atoms with Crippen LogP contribution in [0.4, 0.5) is 0 Å². The molecule has 0 amide bonds. The molecule has 0 aromatic heterocycles. The van der Waals surface area contributed by atoms with Gasteiger partial charge in [-0.15, -0.1) is 0 Å². The number of hydrogen-bond donors (Lipinski definition) is 0. The Morgan fingerprint density at radius 1 is 1.03 bits per heavy atom. The van der Waals surface area contributed by atoms with Crippen molar-refractivity contribution in [3.8, 4) is 0 Å². The maximum absolute atomic E-state index is 4.67. The summed E-state index contributed by atoms with van der Waals surface area (Å²) in [6.45, 7) is 0.986. The second-order valence-corrected chi connectivity index (χ2v) is 9.30. The van der Waals surface area contributed by atoms with E-state index in [2.05, 4.69) is 70.7 Å². The summed E-state index contributed by atoms with van der Waals surface area (Å²) in [5.41, 5.74) is 8.06. The van der Waals surface area contributed by atoms with Crippen LogP contribution in [0.25, 0.3) is 0 Å². The Bertz CT molecular complexity index is 946. The van der Waals surface area contributed by atoms with Crippen molar-refractivity contribution in [3.05, 3.63) is 82.7 Å². The molecule has 148 valence electrons. The standard InChI is InChI=1S/C27H30N2/c1-2-6-19(7-3-1)10-11-20-12-15-23-24-18-28-17-16-26(24)29-25-9-5-4-8-21(25)13-14-22(20)27(23)29/h1-4,6-8,13,16-17,20,23-25H,5,9-12,14-15,18H2/t20?,23-,24-,25?/m1/s1. The van der Waals surface area contributed by atoms with Gasteiger partial charge in [0.1, 0.15) is 0 Å². The van der Waals surface area contributed by atoms with Gasteiger partial charge in [0.05, 0.1) is 6.04 Å². The molecule has 2 heteroatoms. The molecule has 2 nitrogen and oxygen atoms in total. The van der Waals surface area contributed by atoms with E-state index in [-0.39, 0.29) is 0 Å². The lowest BCUT2D eigenvalue weighted by atomic mass is 9.73. The SMILES string of the molecule is C1=CC2=CCC3=C4[C@H](CCC3CCc3ccccc3)[C@H]3CN=CC=C3N4C2CC1. The third kappa shape index (κ3) is 2.87. The Morgan fingerprint density at radius 3 is 2.90 bits per heavy atom. The first kappa shape index (κ1) is 17.5. The highest BCUT2D eigenvalue weighted by molar-refractivity contribution is 5.74. The molecule has 3 heterocycles. The molecule has 29 heavy (non-hydrogen) atoms. The molecule has 0 saturated carbocycles. The molecule has 0 spiro atoms. The summed E-state index contributed by atoms with van der Waals surface area (Å²) >= 11 is 0. The van der Waals surface area contributed by atoms with Crippen LogP contribution in [0.2, 0.25) is 0 Å². The van der Waals surface area contributed by atoms with Crippen LogP contribution in [0.15, 0.2) is 82.2 Å². The van der Waals surface area contributed by atoms with Crippen LogP contribution in [0.5, 0.6) is 0 Å². The van der Waals surface area contributed by atoms with Crippen molar-refractivity contribution in [2.45, 2.75) is 51.0 Å². The van der Waals surface area contributed by atoms with E-state index < -0.39 is 0 Å². The average Bonchev–Trinajstić information content (AvgIpc) is 3.01. The van der Waals surface area contributed by atoms with Gasteiger partial charge in [0, 0.05) is 36.0 Å². The Balaban J connectivity index is 1.39. The molecule has 2 aliphatic carbocycles. The van der Waals surface area contributed by atoms with Crippen LogP contribution in [0, 0.1) is 17.8 Å². The Hall–Kier alpha value is -2.35. The predicted molar refractivity (Wildman–Crippen MR) is 120 cm³/mol. The normalized spacial score (nSPS) is 32.2. The van der Waals surface area contributed by atoms with Crippen molar-refractivity contribution >= 4 is 6.21 Å². The number of fused-ring (bicyclic) bond motifs is 5. The highest BCUT2D eigenvalue weighted by atomic mass is 15.2. The lowest BCUT2D eigenvalue weighted by molar-refractivity contribution is 0.313. The zero-order chi connectivity index (χ0) is 19.2. The van der Waals surface area contributed by atoms with Crippen molar-refractivity contribution in [2.75, 3.05) is 6.54 Å². The third-order valence-electron chi connectivity index (χ3n) is 7.85. The minimum atomic E-state index is 0.547. The zero-order valence-electron chi connectivity index (χ0n) is 17.1. The van der Waals surface area contributed by atoms with Gasteiger partial charge in [-0.05, 0) is 73.6 Å². The van der Waals surface area contributed by atoms with Gasteiger partial charge in [-0.1, -0.05) is 48.6 Å². The smallest absolute Gasteiger partial charge is 0.0585 e. The largest absolute Gasteiger partial charge is 0.341 e. The summed E-state index contributed by atoms with van der Waals surface area (Å²) in [7, 11) is 0. The molecule has 3 aliphatic heterocycles. The van der Waals surface area contributed by atoms with Gasteiger partial charge in [0.2, 0.25) is 0 Å². The maximum atomic E-state index is 4.67. The maximum Gasteiger partial charge on any atom is 0.0585 e. The molecule has 1 saturated heterocycles. The molecule has 0 radical (unpaired) electrons. The number of nitrogens with zero attached hydrogens (tertiary/aromatic N) is 2. The van der Waals surface area contributed by atoms with Gasteiger partial charge < -0.3 is 4.90 Å². The zero-order valence-corrected chi connectivity index (χ0v) is 17.1. The molecule has 0 N–H and O–H groups in total. The third-order valence-corrected chi connectivity index (χ3v) is 7.85. The van der Waals surface area contributed by atoms with E-state index in [1.54, 1.807) is 22.5 Å². The fourth-order valence-electron chi connectivity index (χ4n) is 6.50. The molecule has 4 atom stereocenters. The summed E-state index contributed by atoms with van der Waals surface area (Å²) in [6, 6.07) is 11.6. The van der Waals surface area contributed by atoms with Gasteiger partial charge >= 0.3 is 0 Å². The average molecular weight is 383 g/mol. The van der Waals surface area contributed by atoms with E-state index >= 15 is 0 Å². The number of benzene rings is 1. The first-order valence-corrected chi connectivity index (χ1v) is 11.5. The van der Waals surface area contributed by atoms with Crippen molar-refractivity contribution < 1.29 is 0 Å². The van der Waals surface area contributed by atoms with Crippen LogP contribution in [0.1, 0.15) is 44.1 Å². The highest BCUT2D eigenvalue weighted by Crippen LogP contribution is 2.55. The van der Waals surface area contributed by atoms with Crippen LogP contribution in [-0.4, -0.2) is 23.7 Å². The van der Waals surface area contributed by atoms with Crippen LogP contribution >= 0.6 is 0 Å². The lowest BCUT2D eigenvalue weighted by Crippen LogP contribution is -2.34. The van der Waals surface area contributed by atoms with Gasteiger partial charge in [-0.2, -0.15) is 0 Å². The monoisotopic (exact) mass is 382 g/mol. The molecule has 6 rings (SSSR count). The number of aryl methyl sites for hydroxylation is 1. The molecule has 1 fully saturated rings. The summed E-state index contributed by atoms with van der Waals surface area (Å²) in [6.07, 6.45) is 20.5. The van der Waals surface area contributed by atoms with E-state index in [9.17, 15) is 0 Å². The van der Waals surface area contributed by atoms with Gasteiger partial charge in [-0.25, -0.2) is 0 Å². The first-order valence-electron chi connectivity index (χ1n) is 11.5. The highest BCUT2D eigenvalue weighted by Gasteiger charge is 2.49. The number of dihydropyridines is 1. The van der Waals surface area contributed by atoms with E-state index in [1.165, 1.54) is 44.1 Å². The number of allylic oxidation sites excluding steroid dienone is 5. The fourth-order valence-corrected chi connectivity index (χ4v) is 6.50. The summed E-state index contributed by atoms with van der Waals surface area (Å²) in [5, 5.41) is 0. The van der Waals surface area contributed by atoms with Crippen LogP contribution < -0.4 is 0 Å². The number of rotatable bonds is 3. The first-order chi connectivity index (χ1) is 14.4. The Kier molecular flexibility index (Phi) is 4.32. The van der Waals surface area contributed by atoms with E-state index in [4.69, 9.17) is 0 Å². The summed E-state index contributed by atoms with van der Waals surface area (Å²) in [4.78, 5) is 7.47. The molecule has 2 unspecified atom stereocenters. The molecule has 5 aliphatic rings. The van der Waals surface area contributed by atoms with Crippen LogP contribution in [0.3, 0.4) is 0 Å². The summed E-state index contributed by atoms with van der Waals surface area (Å²) in [5.74, 6) is 2.04. The lowest BCUT2D eigenvalue weighted by Gasteiger charge is -2.37. The van der Waals surface area contributed by atoms with Gasteiger partial charge in [-0.3, -0.25) is 4.99 Å². The molecule has 1 aromatic carbocycles. The number of aliphatic imine (C=N–C) groups is 1. The fraction of sp³-hybridized carbons (Fsp3) is 0.444. The van der Waals surface area contributed by atoms with E-state index in [0.29, 0.717) is 17.9 Å². The minimum absolute atomic E-state index is 0.547. The van der Waals surface area contributed by atoms with Crippen molar-refractivity contribution in [1.29, 1.82) is 0 Å². The van der Waals surface area contributed by atoms with Gasteiger partial charge in [0.15, 0.2) is 0 Å². The second-order valence-electron chi connectivity index (χ2n) is 9.30. The van der Waals surface area contributed by atoms with E-state index in [1.807, 2.05) is 0 Å². The van der Waals surface area contributed by atoms with Crippen molar-refractivity contribution in [1.82, 2.24) is 4.90 Å². The summed E-state index contributed by atoms with van der Waals surface area (Å²) < 4.78 is 0. The Labute approximate surface area is 174 Å². The van der Waals surface area contributed by atoms with Crippen LogP contribution in [-0.2, 0) is 6.42 Å². The molecular weight excluding hydrogens is 352 g/mol. The molecule has 0 bridgehead atoms.